The number of nitrogens with one attached hydrogen (secondary N) is 1. The van der Waals surface area contributed by atoms with Gasteiger partial charge in [-0.1, -0.05) is 0 Å². The molecule has 4 rings (SSSR count). The van der Waals surface area contributed by atoms with E-state index in [1.54, 1.807) is 51.6 Å². The van der Waals surface area contributed by atoms with Crippen LogP contribution in [0.4, 0.5) is 5.13 Å². The van der Waals surface area contributed by atoms with Crippen LogP contribution >= 0.6 is 18.9 Å². The smallest absolute Gasteiger partial charge is 0.336 e. The summed E-state index contributed by atoms with van der Waals surface area (Å²) in [4.78, 5) is 17.6. The molecule has 1 aromatic carbocycles. The van der Waals surface area contributed by atoms with E-state index in [0.29, 0.717) is 40.3 Å². The number of hydrogen-bond acceptors (Lipinski definition) is 12. The van der Waals surface area contributed by atoms with E-state index in [-0.39, 0.29) is 26.0 Å². The first-order chi connectivity index (χ1) is 18.3. The van der Waals surface area contributed by atoms with Gasteiger partial charge in [0.15, 0.2) is 11.0 Å². The van der Waals surface area contributed by atoms with E-state index < -0.39 is 19.1 Å². The van der Waals surface area contributed by atoms with Crippen molar-refractivity contribution >= 4 is 30.0 Å². The van der Waals surface area contributed by atoms with Crippen molar-refractivity contribution in [3.8, 4) is 11.5 Å². The summed E-state index contributed by atoms with van der Waals surface area (Å²) in [6, 6.07) is 4.97. The first kappa shape index (κ1) is 28.1. The molecular weight excluding hydrogens is 535 g/mol. The van der Waals surface area contributed by atoms with Gasteiger partial charge in [-0.2, -0.15) is 0 Å². The van der Waals surface area contributed by atoms with E-state index >= 15 is 0 Å². The second kappa shape index (κ2) is 12.3. The van der Waals surface area contributed by atoms with E-state index in [2.05, 4.69) is 25.8 Å². The van der Waals surface area contributed by atoms with E-state index in [4.69, 9.17) is 23.3 Å². The molecule has 13 nitrogen and oxygen atoms in total. The number of amides is 1. The fraction of sp³-hybridized carbons (Fsp3) is 0.522. The van der Waals surface area contributed by atoms with Gasteiger partial charge in [0, 0.05) is 31.2 Å². The highest BCUT2D eigenvalue weighted by atomic mass is 32.1. The molecule has 38 heavy (non-hydrogen) atoms. The Hall–Kier alpha value is -2.90. The lowest BCUT2D eigenvalue weighted by Gasteiger charge is -2.18. The lowest BCUT2D eigenvalue weighted by molar-refractivity contribution is 0.0635. The Labute approximate surface area is 224 Å². The second-order valence-electron chi connectivity index (χ2n) is 8.62. The molecule has 1 amide bonds. The highest BCUT2D eigenvalue weighted by Gasteiger charge is 2.45. The van der Waals surface area contributed by atoms with Gasteiger partial charge in [-0.05, 0) is 49.2 Å². The highest BCUT2D eigenvalue weighted by Crippen LogP contribution is 2.51. The second-order valence-corrected chi connectivity index (χ2v) is 11.5. The van der Waals surface area contributed by atoms with Crippen LogP contribution < -0.4 is 14.8 Å². The minimum atomic E-state index is -3.31. The van der Waals surface area contributed by atoms with Crippen LogP contribution in [-0.4, -0.2) is 63.6 Å². The summed E-state index contributed by atoms with van der Waals surface area (Å²) in [7, 11) is 0.0236. The number of rotatable bonds is 15. The fourth-order valence-electron chi connectivity index (χ4n) is 3.62. The molecule has 0 unspecified atom stereocenters. The number of ether oxygens (including phenoxy) is 3. The van der Waals surface area contributed by atoms with Crippen molar-refractivity contribution in [2.24, 2.45) is 7.05 Å². The monoisotopic (exact) mass is 566 g/mol. The number of aryl methyl sites for hydroxylation is 1. The topological polar surface area (TPSA) is 149 Å². The van der Waals surface area contributed by atoms with Crippen LogP contribution in [0.5, 0.6) is 11.5 Å². The molecule has 3 aromatic rings. The zero-order chi connectivity index (χ0) is 27.2. The van der Waals surface area contributed by atoms with Crippen LogP contribution in [0.15, 0.2) is 23.6 Å². The molecule has 0 radical (unpaired) electrons. The third kappa shape index (κ3) is 7.35. The minimum absolute atomic E-state index is 0.0147. The lowest BCUT2D eigenvalue weighted by Crippen LogP contribution is -2.24. The Morgan fingerprint density at radius 2 is 1.92 bits per heavy atom. The maximum Gasteiger partial charge on any atom is 0.336 e. The Kier molecular flexibility index (Phi) is 9.11. The Morgan fingerprint density at radius 3 is 2.55 bits per heavy atom. The van der Waals surface area contributed by atoms with Crippen LogP contribution in [0, 0.1) is 0 Å². The number of anilines is 1. The van der Waals surface area contributed by atoms with Gasteiger partial charge in [-0.3, -0.25) is 14.7 Å². The minimum Gasteiger partial charge on any atom is -0.485 e. The summed E-state index contributed by atoms with van der Waals surface area (Å²) >= 11 is 1.22. The van der Waals surface area contributed by atoms with Gasteiger partial charge in [-0.25, -0.2) is 9.67 Å². The highest BCUT2D eigenvalue weighted by molar-refractivity contribution is 7.53. The van der Waals surface area contributed by atoms with Gasteiger partial charge in [0.25, 0.3) is 5.91 Å². The molecule has 1 aliphatic carbocycles. The molecule has 1 aliphatic rings. The summed E-state index contributed by atoms with van der Waals surface area (Å²) < 4.78 is 42.4. The number of carbonyl (C=O) groups excluding carboxylic acids is 1. The van der Waals surface area contributed by atoms with Crippen molar-refractivity contribution in [2.75, 3.05) is 32.2 Å². The quantitative estimate of drug-likeness (QED) is 0.268. The first-order valence-electron chi connectivity index (χ1n) is 12.1. The molecule has 1 fully saturated rings. The van der Waals surface area contributed by atoms with E-state index in [9.17, 15) is 9.36 Å². The molecule has 0 spiro atoms. The Balaban J connectivity index is 1.50. The largest absolute Gasteiger partial charge is 0.485 e. The molecule has 0 saturated heterocycles. The molecule has 206 valence electrons. The van der Waals surface area contributed by atoms with E-state index in [1.165, 1.54) is 16.0 Å². The van der Waals surface area contributed by atoms with Crippen molar-refractivity contribution in [3.63, 3.8) is 0 Å². The summed E-state index contributed by atoms with van der Waals surface area (Å²) in [5, 5.41) is 16.2. The van der Waals surface area contributed by atoms with Crippen molar-refractivity contribution in [1.29, 1.82) is 0 Å². The molecule has 1 saturated carbocycles. The average molecular weight is 567 g/mol. The maximum atomic E-state index is 13.2. The van der Waals surface area contributed by atoms with E-state index in [1.807, 2.05) is 0 Å². The standard InChI is InChI=1S/C23H31N6O7PS/c1-5-34-37(31,35-6-2)13-17-14-38-22(24-17)25-21(30)16-9-18(33-12-20-26-27-28-29(20)3)11-19(10-16)36-23(7-8-23)15-32-4/h9-11,14H,5-8,12-13,15H2,1-4H3,(H,24,25,30). The maximum absolute atomic E-state index is 13.2. The normalized spacial score (nSPS) is 14.3. The molecule has 15 heteroatoms. The van der Waals surface area contributed by atoms with Crippen molar-refractivity contribution < 1.29 is 32.6 Å². The number of nitrogens with zero attached hydrogens (tertiary/aromatic N) is 5. The Bertz CT molecular complexity index is 1280. The van der Waals surface area contributed by atoms with Gasteiger partial charge in [-0.15, -0.1) is 16.4 Å². The zero-order valence-electron chi connectivity index (χ0n) is 21.7. The number of aromatic nitrogens is 5. The third-order valence-corrected chi connectivity index (χ3v) is 8.37. The molecular formula is C23H31N6O7PS. The average Bonchev–Trinajstić information content (AvgIpc) is 3.26. The predicted molar refractivity (Wildman–Crippen MR) is 139 cm³/mol. The summed E-state index contributed by atoms with van der Waals surface area (Å²) in [5.41, 5.74) is 0.408. The fourth-order valence-corrected chi connectivity index (χ4v) is 6.05. The van der Waals surface area contributed by atoms with Gasteiger partial charge < -0.3 is 23.3 Å². The molecule has 0 aliphatic heterocycles. The van der Waals surface area contributed by atoms with Gasteiger partial charge in [0.05, 0.1) is 31.7 Å². The predicted octanol–water partition coefficient (Wildman–Crippen LogP) is 3.82. The van der Waals surface area contributed by atoms with Crippen molar-refractivity contribution in [2.45, 2.75) is 45.1 Å². The number of hydrogen-bond donors (Lipinski definition) is 1. The number of thiazole rings is 1. The number of methoxy groups -OCH3 is 1. The van der Waals surface area contributed by atoms with Crippen LogP contribution in [0.3, 0.4) is 0 Å². The van der Waals surface area contributed by atoms with Gasteiger partial charge in [0.2, 0.25) is 0 Å². The number of carbonyl (C=O) groups is 1. The van der Waals surface area contributed by atoms with Gasteiger partial charge in [0.1, 0.15) is 23.7 Å². The van der Waals surface area contributed by atoms with E-state index in [0.717, 1.165) is 12.8 Å². The van der Waals surface area contributed by atoms with Crippen LogP contribution in [0.1, 0.15) is 48.6 Å². The third-order valence-electron chi connectivity index (χ3n) is 5.55. The molecule has 0 bridgehead atoms. The zero-order valence-corrected chi connectivity index (χ0v) is 23.4. The van der Waals surface area contributed by atoms with Crippen molar-refractivity contribution in [3.05, 3.63) is 40.7 Å². The van der Waals surface area contributed by atoms with Crippen LogP contribution in [0.25, 0.3) is 0 Å². The number of tetrazole rings is 1. The summed E-state index contributed by atoms with van der Waals surface area (Å²) in [6.07, 6.45) is 1.72. The summed E-state index contributed by atoms with van der Waals surface area (Å²) in [6.45, 7) is 4.56. The van der Waals surface area contributed by atoms with Crippen LogP contribution in [0.2, 0.25) is 0 Å². The molecule has 2 aromatic heterocycles. The van der Waals surface area contributed by atoms with Gasteiger partial charge >= 0.3 is 7.60 Å². The lowest BCUT2D eigenvalue weighted by atomic mass is 10.2. The SMILES string of the molecule is CCOP(=O)(Cc1csc(NC(=O)c2cc(OCc3nnnn3C)cc(OC3(COC)CC3)c2)n1)OCC. The number of benzene rings is 1. The van der Waals surface area contributed by atoms with Crippen LogP contribution in [-0.2, 0) is 38.2 Å². The molecule has 0 atom stereocenters. The molecule has 1 N–H and O–H groups in total. The summed E-state index contributed by atoms with van der Waals surface area (Å²) in [5.74, 6) is 1.01. The first-order valence-corrected chi connectivity index (χ1v) is 14.7. The molecule has 2 heterocycles. The Morgan fingerprint density at radius 1 is 1.18 bits per heavy atom. The van der Waals surface area contributed by atoms with Crippen molar-refractivity contribution in [1.82, 2.24) is 25.2 Å².